The van der Waals surface area contributed by atoms with Crippen LogP contribution in [0.1, 0.15) is 69.2 Å². The molecule has 0 rings (SSSR count). The van der Waals surface area contributed by atoms with Gasteiger partial charge in [-0.15, -0.1) is 33.0 Å². The van der Waals surface area contributed by atoms with Crippen molar-refractivity contribution < 1.29 is 44.1 Å². The summed E-state index contributed by atoms with van der Waals surface area (Å²) < 4.78 is 0. The van der Waals surface area contributed by atoms with Crippen molar-refractivity contribution in [3.63, 3.8) is 0 Å². The Hall–Kier alpha value is 0.384. The fourth-order valence-corrected chi connectivity index (χ4v) is 0. The van der Waals surface area contributed by atoms with Crippen LogP contribution in [0.5, 0.6) is 0 Å². The molecular weight excluding hydrogens is 371 g/mol. The topological polar surface area (TPSA) is 115 Å². The Morgan fingerprint density at radius 2 is 0.385 bits per heavy atom. The molecule has 160 valence electrons. The van der Waals surface area contributed by atoms with Crippen molar-refractivity contribution in [2.45, 2.75) is 69.2 Å². The summed E-state index contributed by atoms with van der Waals surface area (Å²) >= 11 is 0. The molecule has 0 N–H and O–H groups in total. The van der Waals surface area contributed by atoms with Crippen molar-refractivity contribution in [2.24, 2.45) is 29.6 Å². The van der Waals surface area contributed by atoms with Crippen LogP contribution in [0.3, 0.4) is 0 Å². The fourth-order valence-electron chi connectivity index (χ4n) is 0. The molecule has 0 spiro atoms. The van der Waals surface area contributed by atoms with E-state index in [-0.39, 0.29) is 51.6 Å². The van der Waals surface area contributed by atoms with Gasteiger partial charge >= 0.3 is 18.6 Å². The summed E-state index contributed by atoms with van der Waals surface area (Å²) in [5.41, 5.74) is 0. The van der Waals surface area contributed by atoms with Gasteiger partial charge in [0.1, 0.15) is 0 Å². The monoisotopic (exact) mass is 416 g/mol. The van der Waals surface area contributed by atoms with Gasteiger partial charge < -0.3 is 25.5 Å². The second kappa shape index (κ2) is 36.3. The summed E-state index contributed by atoms with van der Waals surface area (Å²) in [5.74, 6) is 1.64. The maximum atomic E-state index is 9.63. The molecule has 0 radical (unpaired) electrons. The predicted molar refractivity (Wildman–Crippen MR) is 98.5 cm³/mol. The molecule has 0 saturated heterocycles. The van der Waals surface area contributed by atoms with Crippen LogP contribution in [0.2, 0.25) is 0 Å². The minimum Gasteiger partial charge on any atom is -0.854 e. The molecule has 0 heterocycles. The molecule has 0 bridgehead atoms. The summed E-state index contributed by atoms with van der Waals surface area (Å²) in [4.78, 5) is 0. The quantitative estimate of drug-likeness (QED) is 0.626. The van der Waals surface area contributed by atoms with Crippen LogP contribution < -0.4 is 25.5 Å². The van der Waals surface area contributed by atoms with Crippen molar-refractivity contribution in [3.05, 3.63) is 0 Å². The maximum absolute atomic E-state index is 9.63. The van der Waals surface area contributed by atoms with Gasteiger partial charge in [0.05, 0.1) is 0 Å². The van der Waals surface area contributed by atoms with Crippen molar-refractivity contribution >= 4 is 0 Å². The van der Waals surface area contributed by atoms with Gasteiger partial charge in [-0.25, -0.2) is 0 Å². The molecule has 0 atom stereocenters. The van der Waals surface area contributed by atoms with Gasteiger partial charge in [0.15, 0.2) is 0 Å². The molecule has 0 aromatic heterocycles. The van der Waals surface area contributed by atoms with E-state index in [1.54, 1.807) is 0 Å². The summed E-state index contributed by atoms with van der Waals surface area (Å²) in [6.07, 6.45) is 0. The van der Waals surface area contributed by atoms with Crippen LogP contribution in [0.15, 0.2) is 0 Å². The minimum absolute atomic E-state index is 0. The van der Waals surface area contributed by atoms with Crippen LogP contribution in [-0.4, -0.2) is 33.0 Å². The number of hydrogen-bond acceptors (Lipinski definition) is 5. The molecule has 0 aliphatic rings. The Labute approximate surface area is 176 Å². The zero-order valence-corrected chi connectivity index (χ0v) is 20.3. The van der Waals surface area contributed by atoms with Gasteiger partial charge in [-0.1, -0.05) is 98.8 Å². The smallest absolute Gasteiger partial charge is 0.854 e. The zero-order valence-electron chi connectivity index (χ0n) is 18.9. The van der Waals surface area contributed by atoms with E-state index in [2.05, 4.69) is 0 Å². The van der Waals surface area contributed by atoms with E-state index in [1.165, 1.54) is 0 Å². The van der Waals surface area contributed by atoms with Gasteiger partial charge in [-0.05, 0) is 0 Å². The second-order valence-corrected chi connectivity index (χ2v) is 7.80. The Morgan fingerprint density at radius 3 is 0.385 bits per heavy atom. The third kappa shape index (κ3) is 124. The zero-order chi connectivity index (χ0) is 21.4. The number of rotatable bonds is 5. The third-order valence-corrected chi connectivity index (χ3v) is 1.67. The van der Waals surface area contributed by atoms with Gasteiger partial charge in [-0.3, -0.25) is 0 Å². The summed E-state index contributed by atoms with van der Waals surface area (Å²) in [6, 6.07) is 0. The molecule has 0 aliphatic carbocycles. The molecule has 0 saturated carbocycles. The SMILES string of the molecule is CC(C)C[O-].CC(C)C[O-].CC(C)C[O-].CC(C)C[O-].CC(C)C[O-].[V+5]. The first-order valence-electron chi connectivity index (χ1n) is 9.26. The summed E-state index contributed by atoms with van der Waals surface area (Å²) in [6.45, 7) is 19.4. The summed E-state index contributed by atoms with van der Waals surface area (Å²) in [7, 11) is 0. The average Bonchev–Trinajstić information content (AvgIpc) is 2.56. The van der Waals surface area contributed by atoms with Crippen LogP contribution >= 0.6 is 0 Å². The molecule has 0 amide bonds. The Balaban J connectivity index is -0.0000000476. The molecule has 0 aliphatic heterocycles. The predicted octanol–water partition coefficient (Wildman–Crippen LogP) is 0.0110. The number of hydrogen-bond donors (Lipinski definition) is 0. The van der Waals surface area contributed by atoms with Crippen LogP contribution in [0.25, 0.3) is 0 Å². The van der Waals surface area contributed by atoms with E-state index in [4.69, 9.17) is 0 Å². The Bertz CT molecular complexity index is 141. The fraction of sp³-hybridized carbons (Fsp3) is 1.00. The van der Waals surface area contributed by atoms with Gasteiger partial charge in [-0.2, -0.15) is 0 Å². The van der Waals surface area contributed by atoms with Crippen molar-refractivity contribution in [1.29, 1.82) is 0 Å². The molecule has 0 fully saturated rings. The normalized spacial score (nSPS) is 9.23. The van der Waals surface area contributed by atoms with E-state index in [9.17, 15) is 25.5 Å². The first-order valence-corrected chi connectivity index (χ1v) is 9.26. The van der Waals surface area contributed by atoms with Crippen molar-refractivity contribution in [2.75, 3.05) is 33.0 Å². The van der Waals surface area contributed by atoms with Crippen LogP contribution in [0, 0.1) is 29.6 Å². The van der Waals surface area contributed by atoms with Crippen molar-refractivity contribution in [1.82, 2.24) is 0 Å². The minimum atomic E-state index is 0. The standard InChI is InChI=1S/5C4H9O.V/c5*1-4(2)3-5;/h5*4H,3H2,1-2H3;/q5*-1;+5. The molecule has 0 aromatic rings. The third-order valence-electron chi connectivity index (χ3n) is 1.67. The second-order valence-electron chi connectivity index (χ2n) is 7.80. The Morgan fingerprint density at radius 1 is 0.346 bits per heavy atom. The molecule has 26 heavy (non-hydrogen) atoms. The van der Waals surface area contributed by atoms with E-state index in [0.29, 0.717) is 29.6 Å². The first-order chi connectivity index (χ1) is 11.4. The van der Waals surface area contributed by atoms with E-state index in [0.717, 1.165) is 0 Å². The molecule has 6 heteroatoms. The van der Waals surface area contributed by atoms with E-state index >= 15 is 0 Å². The van der Waals surface area contributed by atoms with Crippen LogP contribution in [-0.2, 0) is 18.6 Å². The largest absolute Gasteiger partial charge is 5.00 e. The maximum Gasteiger partial charge on any atom is 5.00 e. The van der Waals surface area contributed by atoms with Gasteiger partial charge in [0.2, 0.25) is 0 Å². The molecule has 0 aromatic carbocycles. The van der Waals surface area contributed by atoms with E-state index < -0.39 is 0 Å². The van der Waals surface area contributed by atoms with E-state index in [1.807, 2.05) is 69.2 Å². The van der Waals surface area contributed by atoms with Crippen molar-refractivity contribution in [3.8, 4) is 0 Å². The average molecular weight is 417 g/mol. The molecule has 0 unspecified atom stereocenters. The molecular formula is C20H45O5V. The summed E-state index contributed by atoms with van der Waals surface area (Å²) in [5, 5.41) is 48.1. The first kappa shape index (κ1) is 40.9. The van der Waals surface area contributed by atoms with Crippen LogP contribution in [0.4, 0.5) is 0 Å². The van der Waals surface area contributed by atoms with Gasteiger partial charge in [0, 0.05) is 0 Å². The Kier molecular flexibility index (Phi) is 57.2. The van der Waals surface area contributed by atoms with Gasteiger partial charge in [0.25, 0.3) is 0 Å². The molecule has 5 nitrogen and oxygen atoms in total.